The van der Waals surface area contributed by atoms with Crippen LogP contribution in [0.1, 0.15) is 27.9 Å². The van der Waals surface area contributed by atoms with Crippen LogP contribution in [0.25, 0.3) is 0 Å². The number of carbonyl (C=O) groups is 1. The van der Waals surface area contributed by atoms with Gasteiger partial charge in [-0.1, -0.05) is 12.1 Å². The summed E-state index contributed by atoms with van der Waals surface area (Å²) < 4.78 is 0. The van der Waals surface area contributed by atoms with Gasteiger partial charge < -0.3 is 15.1 Å². The van der Waals surface area contributed by atoms with E-state index in [0.29, 0.717) is 11.4 Å². The molecule has 156 valence electrons. The molecule has 1 fully saturated rings. The van der Waals surface area contributed by atoms with E-state index < -0.39 is 0 Å². The van der Waals surface area contributed by atoms with Crippen LogP contribution in [0.2, 0.25) is 0 Å². The molecule has 0 radical (unpaired) electrons. The molecule has 6 heteroatoms. The fourth-order valence-corrected chi connectivity index (χ4v) is 3.76. The lowest BCUT2D eigenvalue weighted by Gasteiger charge is -2.37. The standard InChI is InChI=1S/C23H33N5O/c1-18-8-5-10-21(19(18)2)28-16-14-27(15-17-28)13-7-12-25-22-20(9-6-11-24-22)23(29)26(3)4/h5-6,8-11H,7,12-17H2,1-4H3,(H,24,25). The van der Waals surface area contributed by atoms with Crippen molar-refractivity contribution in [3.8, 4) is 0 Å². The van der Waals surface area contributed by atoms with E-state index in [9.17, 15) is 4.79 Å². The topological polar surface area (TPSA) is 51.7 Å². The van der Waals surface area contributed by atoms with Gasteiger partial charge >= 0.3 is 0 Å². The Morgan fingerprint density at radius 3 is 2.59 bits per heavy atom. The van der Waals surface area contributed by atoms with E-state index in [2.05, 4.69) is 52.1 Å². The van der Waals surface area contributed by atoms with Crippen molar-refractivity contribution in [3.05, 3.63) is 53.2 Å². The van der Waals surface area contributed by atoms with Gasteiger partial charge in [0, 0.05) is 58.7 Å². The summed E-state index contributed by atoms with van der Waals surface area (Å²) in [5.74, 6) is 0.647. The van der Waals surface area contributed by atoms with E-state index in [0.717, 1.165) is 45.7 Å². The van der Waals surface area contributed by atoms with Gasteiger partial charge in [-0.05, 0) is 56.1 Å². The lowest BCUT2D eigenvalue weighted by Crippen LogP contribution is -2.47. The van der Waals surface area contributed by atoms with Crippen molar-refractivity contribution in [2.45, 2.75) is 20.3 Å². The Hall–Kier alpha value is -2.60. The second-order valence-electron chi connectivity index (χ2n) is 7.93. The Bertz CT molecular complexity index is 828. The van der Waals surface area contributed by atoms with Gasteiger partial charge in [-0.3, -0.25) is 9.69 Å². The minimum atomic E-state index is -0.0248. The monoisotopic (exact) mass is 395 g/mol. The number of aryl methyl sites for hydroxylation is 1. The summed E-state index contributed by atoms with van der Waals surface area (Å²) in [6.45, 7) is 10.6. The number of hydrogen-bond acceptors (Lipinski definition) is 5. The van der Waals surface area contributed by atoms with Crippen LogP contribution in [0.5, 0.6) is 0 Å². The predicted octanol–water partition coefficient (Wildman–Crippen LogP) is 3.02. The predicted molar refractivity (Wildman–Crippen MR) is 120 cm³/mol. The van der Waals surface area contributed by atoms with E-state index in [4.69, 9.17) is 0 Å². The van der Waals surface area contributed by atoms with Crippen LogP contribution in [0, 0.1) is 13.8 Å². The van der Waals surface area contributed by atoms with Crippen LogP contribution in [-0.4, -0.2) is 74.1 Å². The van der Waals surface area contributed by atoms with Crippen molar-refractivity contribution in [2.75, 3.05) is 63.6 Å². The van der Waals surface area contributed by atoms with Crippen LogP contribution in [0.15, 0.2) is 36.5 Å². The molecule has 2 aromatic rings. The lowest BCUT2D eigenvalue weighted by molar-refractivity contribution is 0.0828. The maximum absolute atomic E-state index is 12.3. The normalized spacial score (nSPS) is 14.7. The molecule has 1 aromatic carbocycles. The molecule has 1 aliphatic heterocycles. The molecule has 29 heavy (non-hydrogen) atoms. The highest BCUT2D eigenvalue weighted by Gasteiger charge is 2.18. The number of nitrogens with one attached hydrogen (secondary N) is 1. The number of pyridine rings is 1. The minimum absolute atomic E-state index is 0.0248. The number of piperazine rings is 1. The van der Waals surface area contributed by atoms with Crippen molar-refractivity contribution in [2.24, 2.45) is 0 Å². The molecular weight excluding hydrogens is 362 g/mol. The number of carbonyl (C=O) groups excluding carboxylic acids is 1. The first-order chi connectivity index (χ1) is 14.0. The van der Waals surface area contributed by atoms with Crippen LogP contribution >= 0.6 is 0 Å². The van der Waals surface area contributed by atoms with Crippen LogP contribution < -0.4 is 10.2 Å². The molecule has 6 nitrogen and oxygen atoms in total. The Labute approximate surface area is 174 Å². The third-order valence-corrected chi connectivity index (χ3v) is 5.68. The first-order valence-corrected chi connectivity index (χ1v) is 10.4. The fraction of sp³-hybridized carbons (Fsp3) is 0.478. The van der Waals surface area contributed by atoms with Gasteiger partial charge in [0.1, 0.15) is 5.82 Å². The second kappa shape index (κ2) is 9.74. The Morgan fingerprint density at radius 2 is 1.86 bits per heavy atom. The van der Waals surface area contributed by atoms with Gasteiger partial charge in [0.05, 0.1) is 5.56 Å². The molecule has 0 unspecified atom stereocenters. The zero-order valence-electron chi connectivity index (χ0n) is 18.1. The number of nitrogens with zero attached hydrogens (tertiary/aromatic N) is 4. The van der Waals surface area contributed by atoms with E-state index in [1.807, 2.05) is 6.07 Å². The van der Waals surface area contributed by atoms with Crippen molar-refractivity contribution >= 4 is 17.4 Å². The zero-order valence-corrected chi connectivity index (χ0v) is 18.1. The highest BCUT2D eigenvalue weighted by atomic mass is 16.2. The molecular formula is C23H33N5O. The summed E-state index contributed by atoms with van der Waals surface area (Å²) in [7, 11) is 3.52. The number of benzene rings is 1. The van der Waals surface area contributed by atoms with Crippen LogP contribution in [-0.2, 0) is 0 Å². The fourth-order valence-electron chi connectivity index (χ4n) is 3.76. The molecule has 1 amide bonds. The Kier molecular flexibility index (Phi) is 7.09. The number of anilines is 2. The quantitative estimate of drug-likeness (QED) is 0.731. The largest absolute Gasteiger partial charge is 0.369 e. The summed E-state index contributed by atoms with van der Waals surface area (Å²) in [5.41, 5.74) is 4.75. The molecule has 1 saturated heterocycles. The molecule has 2 heterocycles. The molecule has 0 bridgehead atoms. The third-order valence-electron chi connectivity index (χ3n) is 5.68. The zero-order chi connectivity index (χ0) is 20.8. The number of amides is 1. The lowest BCUT2D eigenvalue weighted by atomic mass is 10.1. The SMILES string of the molecule is Cc1cccc(N2CCN(CCCNc3ncccc3C(=O)N(C)C)CC2)c1C. The number of rotatable bonds is 7. The maximum atomic E-state index is 12.3. The van der Waals surface area contributed by atoms with Crippen LogP contribution in [0.4, 0.5) is 11.5 Å². The van der Waals surface area contributed by atoms with E-state index in [1.165, 1.54) is 16.8 Å². The summed E-state index contributed by atoms with van der Waals surface area (Å²) in [5, 5.41) is 3.34. The first-order valence-electron chi connectivity index (χ1n) is 10.4. The number of aromatic nitrogens is 1. The maximum Gasteiger partial charge on any atom is 0.257 e. The summed E-state index contributed by atoms with van der Waals surface area (Å²) >= 11 is 0. The molecule has 1 N–H and O–H groups in total. The molecule has 1 aliphatic rings. The van der Waals surface area contributed by atoms with Crippen molar-refractivity contribution in [1.82, 2.24) is 14.8 Å². The average Bonchev–Trinajstić information content (AvgIpc) is 2.73. The highest BCUT2D eigenvalue weighted by molar-refractivity contribution is 5.98. The minimum Gasteiger partial charge on any atom is -0.369 e. The van der Waals surface area contributed by atoms with E-state index in [1.54, 1.807) is 31.3 Å². The number of hydrogen-bond donors (Lipinski definition) is 1. The highest BCUT2D eigenvalue weighted by Crippen LogP contribution is 2.23. The van der Waals surface area contributed by atoms with Crippen molar-refractivity contribution in [1.29, 1.82) is 0 Å². The smallest absolute Gasteiger partial charge is 0.257 e. The van der Waals surface area contributed by atoms with Crippen LogP contribution in [0.3, 0.4) is 0 Å². The summed E-state index contributed by atoms with van der Waals surface area (Å²) in [6, 6.07) is 10.2. The Balaban J connectivity index is 1.44. The summed E-state index contributed by atoms with van der Waals surface area (Å²) in [4.78, 5) is 23.2. The van der Waals surface area contributed by atoms with E-state index in [-0.39, 0.29) is 5.91 Å². The molecule has 3 rings (SSSR count). The molecule has 0 spiro atoms. The van der Waals surface area contributed by atoms with Gasteiger partial charge in [0.25, 0.3) is 5.91 Å². The average molecular weight is 396 g/mol. The molecule has 0 atom stereocenters. The van der Waals surface area contributed by atoms with Gasteiger partial charge in [0.15, 0.2) is 0 Å². The van der Waals surface area contributed by atoms with Gasteiger partial charge in [0.2, 0.25) is 0 Å². The third kappa shape index (κ3) is 5.26. The summed E-state index contributed by atoms with van der Waals surface area (Å²) in [6.07, 6.45) is 2.75. The van der Waals surface area contributed by atoms with Gasteiger partial charge in [-0.2, -0.15) is 0 Å². The van der Waals surface area contributed by atoms with Crippen molar-refractivity contribution < 1.29 is 4.79 Å². The molecule has 1 aromatic heterocycles. The first kappa shape index (κ1) is 21.1. The van der Waals surface area contributed by atoms with Crippen molar-refractivity contribution in [3.63, 3.8) is 0 Å². The molecule has 0 saturated carbocycles. The van der Waals surface area contributed by atoms with Gasteiger partial charge in [-0.25, -0.2) is 4.98 Å². The van der Waals surface area contributed by atoms with E-state index >= 15 is 0 Å². The second-order valence-corrected chi connectivity index (χ2v) is 7.93. The molecule has 0 aliphatic carbocycles. The van der Waals surface area contributed by atoms with Gasteiger partial charge in [-0.15, -0.1) is 0 Å². The Morgan fingerprint density at radius 1 is 1.10 bits per heavy atom.